The molecule has 2 heteroatoms. The smallest absolute Gasteiger partial charge is 0.0754 e. The summed E-state index contributed by atoms with van der Waals surface area (Å²) in [5, 5.41) is 3.23. The minimum Gasteiger partial charge on any atom is -0.309 e. The van der Waals surface area contributed by atoms with Crippen molar-refractivity contribution in [3.63, 3.8) is 0 Å². The van der Waals surface area contributed by atoms with Gasteiger partial charge >= 0.3 is 0 Å². The number of rotatable bonds is 1. The molecule has 2 aliphatic rings. The highest BCUT2D eigenvalue weighted by Gasteiger charge is 2.51. The lowest BCUT2D eigenvalue weighted by Crippen LogP contribution is -2.36. The Morgan fingerprint density at radius 3 is 1.81 bits per heavy atom. The molecule has 0 radical (unpaired) electrons. The average molecular weight is 492 g/mol. The Balaban J connectivity index is 1.55. The van der Waals surface area contributed by atoms with Crippen molar-refractivity contribution in [2.75, 3.05) is 4.90 Å². The van der Waals surface area contributed by atoms with E-state index < -0.39 is 5.41 Å². The molecule has 0 fully saturated rings. The Morgan fingerprint density at radius 1 is 0.459 bits per heavy atom. The van der Waals surface area contributed by atoms with Crippen molar-refractivity contribution >= 4 is 39.4 Å². The Bertz CT molecular complexity index is 1820. The molecule has 0 saturated carbocycles. The highest BCUT2D eigenvalue weighted by atomic mass is 35.5. The van der Waals surface area contributed by atoms with Gasteiger partial charge in [0, 0.05) is 10.4 Å². The number of halogens is 1. The molecule has 0 unspecified atom stereocenters. The molecular formula is C35H22ClN. The number of fused-ring (bicyclic) bond motifs is 10. The van der Waals surface area contributed by atoms with Crippen LogP contribution in [0.2, 0.25) is 5.02 Å². The maximum Gasteiger partial charge on any atom is 0.0754 e. The molecule has 0 amide bonds. The van der Waals surface area contributed by atoms with Gasteiger partial charge in [0.05, 0.1) is 22.5 Å². The van der Waals surface area contributed by atoms with Crippen molar-refractivity contribution in [3.05, 3.63) is 161 Å². The maximum atomic E-state index is 6.70. The van der Waals surface area contributed by atoms with E-state index in [2.05, 4.69) is 132 Å². The minimum absolute atomic E-state index is 0.453. The summed E-state index contributed by atoms with van der Waals surface area (Å²) in [5.74, 6) is 0. The molecule has 8 rings (SSSR count). The Hall–Kier alpha value is -4.33. The molecule has 0 saturated heterocycles. The van der Waals surface area contributed by atoms with E-state index in [-0.39, 0.29) is 0 Å². The summed E-state index contributed by atoms with van der Waals surface area (Å²) in [7, 11) is 0. The zero-order valence-corrected chi connectivity index (χ0v) is 20.8. The Kier molecular flexibility index (Phi) is 4.27. The molecule has 0 atom stereocenters. The molecule has 0 N–H and O–H groups in total. The SMILES string of the molecule is Clc1ccc2c(c1)C1(c3ccccc3-2)c2ccccc2N(c2cccc3ccccc23)c2ccccc21. The van der Waals surface area contributed by atoms with Gasteiger partial charge < -0.3 is 4.90 Å². The van der Waals surface area contributed by atoms with Gasteiger partial charge in [0.1, 0.15) is 0 Å². The van der Waals surface area contributed by atoms with E-state index in [1.807, 2.05) is 6.07 Å². The highest BCUT2D eigenvalue weighted by Crippen LogP contribution is 2.63. The van der Waals surface area contributed by atoms with Gasteiger partial charge in [-0.1, -0.05) is 115 Å². The van der Waals surface area contributed by atoms with Gasteiger partial charge in [-0.2, -0.15) is 0 Å². The van der Waals surface area contributed by atoms with Crippen LogP contribution in [0.1, 0.15) is 22.3 Å². The van der Waals surface area contributed by atoms with Crippen LogP contribution in [0.3, 0.4) is 0 Å². The second-order valence-corrected chi connectivity index (χ2v) is 10.3. The van der Waals surface area contributed by atoms with Crippen LogP contribution >= 0.6 is 11.6 Å². The van der Waals surface area contributed by atoms with Gasteiger partial charge in [-0.15, -0.1) is 0 Å². The lowest BCUT2D eigenvalue weighted by atomic mass is 9.64. The Morgan fingerprint density at radius 2 is 1.03 bits per heavy atom. The Labute approximate surface area is 221 Å². The van der Waals surface area contributed by atoms with Crippen molar-refractivity contribution in [3.8, 4) is 11.1 Å². The molecular weight excluding hydrogens is 470 g/mol. The van der Waals surface area contributed by atoms with E-state index in [1.54, 1.807) is 0 Å². The number of nitrogens with zero attached hydrogens (tertiary/aromatic N) is 1. The first-order chi connectivity index (χ1) is 18.3. The third-order valence-electron chi connectivity index (χ3n) is 8.11. The first kappa shape index (κ1) is 20.8. The summed E-state index contributed by atoms with van der Waals surface area (Å²) in [6.45, 7) is 0. The fourth-order valence-corrected chi connectivity index (χ4v) is 6.91. The van der Waals surface area contributed by atoms with Gasteiger partial charge in [-0.05, 0) is 69.1 Å². The largest absolute Gasteiger partial charge is 0.309 e. The van der Waals surface area contributed by atoms with Crippen molar-refractivity contribution in [2.24, 2.45) is 0 Å². The second-order valence-electron chi connectivity index (χ2n) is 9.85. The fraction of sp³-hybridized carbons (Fsp3) is 0.0286. The number of hydrogen-bond donors (Lipinski definition) is 0. The standard InChI is InChI=1S/C35H22ClN/c36-24-20-21-27-26-13-3-4-14-28(26)35(31(27)22-24)29-15-5-7-17-33(29)37(34-18-8-6-16-30(34)35)32-19-9-11-23-10-1-2-12-25(23)32/h1-22H. The average Bonchev–Trinajstić information content (AvgIpc) is 3.23. The monoisotopic (exact) mass is 491 g/mol. The lowest BCUT2D eigenvalue weighted by molar-refractivity contribution is 0.753. The molecule has 1 nitrogen and oxygen atoms in total. The van der Waals surface area contributed by atoms with Crippen LogP contribution < -0.4 is 4.90 Å². The zero-order chi connectivity index (χ0) is 24.6. The number of hydrogen-bond acceptors (Lipinski definition) is 1. The van der Waals surface area contributed by atoms with E-state index in [4.69, 9.17) is 11.6 Å². The van der Waals surface area contributed by atoms with E-state index >= 15 is 0 Å². The van der Waals surface area contributed by atoms with Crippen LogP contribution in [0.25, 0.3) is 21.9 Å². The predicted molar refractivity (Wildman–Crippen MR) is 155 cm³/mol. The van der Waals surface area contributed by atoms with Crippen LogP contribution in [0.4, 0.5) is 17.1 Å². The van der Waals surface area contributed by atoms with E-state index in [1.165, 1.54) is 61.2 Å². The second kappa shape index (κ2) is 7.59. The predicted octanol–water partition coefficient (Wildman–Crippen LogP) is 9.64. The van der Waals surface area contributed by atoms with Gasteiger partial charge in [-0.3, -0.25) is 0 Å². The highest BCUT2D eigenvalue weighted by molar-refractivity contribution is 6.30. The molecule has 1 aliphatic carbocycles. The molecule has 0 bridgehead atoms. The summed E-state index contributed by atoms with van der Waals surface area (Å²) in [6, 6.07) is 48.2. The molecule has 1 heterocycles. The third kappa shape index (κ3) is 2.64. The van der Waals surface area contributed by atoms with Gasteiger partial charge in [0.2, 0.25) is 0 Å². The van der Waals surface area contributed by atoms with Crippen molar-refractivity contribution < 1.29 is 0 Å². The first-order valence-electron chi connectivity index (χ1n) is 12.7. The maximum absolute atomic E-state index is 6.70. The third-order valence-corrected chi connectivity index (χ3v) is 8.35. The van der Waals surface area contributed by atoms with E-state index in [0.29, 0.717) is 0 Å². The van der Waals surface area contributed by atoms with Crippen molar-refractivity contribution in [1.29, 1.82) is 0 Å². The van der Waals surface area contributed by atoms with Crippen LogP contribution in [-0.2, 0) is 5.41 Å². The molecule has 6 aromatic carbocycles. The van der Waals surface area contributed by atoms with Crippen molar-refractivity contribution in [2.45, 2.75) is 5.41 Å². The quantitative estimate of drug-likeness (QED) is 0.221. The van der Waals surface area contributed by atoms with Gasteiger partial charge in [0.25, 0.3) is 0 Å². The van der Waals surface area contributed by atoms with Crippen molar-refractivity contribution in [1.82, 2.24) is 0 Å². The number of benzene rings is 6. The summed E-state index contributed by atoms with van der Waals surface area (Å²) in [6.07, 6.45) is 0. The number of anilines is 3. The molecule has 174 valence electrons. The fourth-order valence-electron chi connectivity index (χ4n) is 6.74. The lowest BCUT2D eigenvalue weighted by Gasteiger charge is -2.45. The van der Waals surface area contributed by atoms with Gasteiger partial charge in [-0.25, -0.2) is 0 Å². The normalized spacial score (nSPS) is 14.2. The summed E-state index contributed by atoms with van der Waals surface area (Å²) in [4.78, 5) is 2.45. The summed E-state index contributed by atoms with van der Waals surface area (Å²) < 4.78 is 0. The van der Waals surface area contributed by atoms with E-state index in [0.717, 1.165) is 5.02 Å². The number of para-hydroxylation sites is 2. The zero-order valence-electron chi connectivity index (χ0n) is 20.0. The molecule has 6 aromatic rings. The van der Waals surface area contributed by atoms with Crippen LogP contribution in [-0.4, -0.2) is 0 Å². The molecule has 37 heavy (non-hydrogen) atoms. The summed E-state index contributed by atoms with van der Waals surface area (Å²) >= 11 is 6.70. The van der Waals surface area contributed by atoms with E-state index in [9.17, 15) is 0 Å². The topological polar surface area (TPSA) is 3.24 Å². The van der Waals surface area contributed by atoms with Gasteiger partial charge in [0.15, 0.2) is 0 Å². The molecule has 0 aromatic heterocycles. The first-order valence-corrected chi connectivity index (χ1v) is 13.0. The van der Waals surface area contributed by atoms with Crippen LogP contribution in [0, 0.1) is 0 Å². The molecule has 1 spiro atoms. The van der Waals surface area contributed by atoms with Crippen LogP contribution in [0.5, 0.6) is 0 Å². The minimum atomic E-state index is -0.453. The molecule has 1 aliphatic heterocycles. The van der Waals surface area contributed by atoms with Crippen LogP contribution in [0.15, 0.2) is 133 Å². The summed E-state index contributed by atoms with van der Waals surface area (Å²) in [5.41, 5.74) is 10.8.